The standard InChI is InChI=1S/C10H10N2O2S/c1-2-8(5-11)15-9-4-3-7(6-12-9)10(13)14/h3-4,6,8H,2H2,1H3,(H,13,14). The van der Waals surface area contributed by atoms with Crippen molar-refractivity contribution in [2.24, 2.45) is 0 Å². The molecular weight excluding hydrogens is 212 g/mol. The van der Waals surface area contributed by atoms with Crippen molar-refractivity contribution in [1.82, 2.24) is 4.98 Å². The van der Waals surface area contributed by atoms with Crippen molar-refractivity contribution in [2.45, 2.75) is 23.6 Å². The molecule has 0 fully saturated rings. The fourth-order valence-corrected chi connectivity index (χ4v) is 1.69. The van der Waals surface area contributed by atoms with E-state index in [0.717, 1.165) is 6.42 Å². The van der Waals surface area contributed by atoms with Crippen LogP contribution in [0, 0.1) is 11.3 Å². The molecule has 0 aliphatic carbocycles. The van der Waals surface area contributed by atoms with Crippen LogP contribution >= 0.6 is 11.8 Å². The van der Waals surface area contributed by atoms with Gasteiger partial charge in [0.25, 0.3) is 0 Å². The van der Waals surface area contributed by atoms with E-state index in [9.17, 15) is 4.79 Å². The average Bonchev–Trinajstić information content (AvgIpc) is 2.26. The molecule has 0 aliphatic heterocycles. The van der Waals surface area contributed by atoms with Crippen LogP contribution in [0.4, 0.5) is 0 Å². The number of hydrogen-bond acceptors (Lipinski definition) is 4. The predicted octanol–water partition coefficient (Wildman–Crippen LogP) is 2.17. The monoisotopic (exact) mass is 222 g/mol. The first-order chi connectivity index (χ1) is 7.17. The van der Waals surface area contributed by atoms with E-state index >= 15 is 0 Å². The molecule has 0 radical (unpaired) electrons. The topological polar surface area (TPSA) is 74.0 Å². The molecule has 0 saturated heterocycles. The maximum absolute atomic E-state index is 10.5. The zero-order valence-corrected chi connectivity index (χ0v) is 8.99. The van der Waals surface area contributed by atoms with Crippen molar-refractivity contribution in [2.75, 3.05) is 0 Å². The Kier molecular flexibility index (Phi) is 4.13. The molecule has 1 heterocycles. The minimum Gasteiger partial charge on any atom is -0.478 e. The smallest absolute Gasteiger partial charge is 0.337 e. The number of carbonyl (C=O) groups is 1. The summed E-state index contributed by atoms with van der Waals surface area (Å²) in [6.45, 7) is 1.92. The predicted molar refractivity (Wildman–Crippen MR) is 56.7 cm³/mol. The van der Waals surface area contributed by atoms with Gasteiger partial charge in [-0.1, -0.05) is 18.7 Å². The van der Waals surface area contributed by atoms with Crippen LogP contribution in [0.25, 0.3) is 0 Å². The zero-order valence-electron chi connectivity index (χ0n) is 8.17. The Morgan fingerprint density at radius 2 is 2.47 bits per heavy atom. The number of pyridine rings is 1. The summed E-state index contributed by atoms with van der Waals surface area (Å²) in [4.78, 5) is 14.5. The zero-order chi connectivity index (χ0) is 11.3. The third-order valence-electron chi connectivity index (χ3n) is 1.76. The third-order valence-corrected chi connectivity index (χ3v) is 2.97. The lowest BCUT2D eigenvalue weighted by Crippen LogP contribution is -1.99. The molecule has 1 rings (SSSR count). The lowest BCUT2D eigenvalue weighted by molar-refractivity contribution is 0.0696. The van der Waals surface area contributed by atoms with Gasteiger partial charge < -0.3 is 5.11 Å². The number of carboxylic acids is 1. The number of carboxylic acid groups (broad SMARTS) is 1. The number of rotatable bonds is 4. The van der Waals surface area contributed by atoms with Crippen molar-refractivity contribution in [1.29, 1.82) is 5.26 Å². The van der Waals surface area contributed by atoms with Gasteiger partial charge in [-0.15, -0.1) is 0 Å². The summed E-state index contributed by atoms with van der Waals surface area (Å²) in [6, 6.07) is 5.25. The lowest BCUT2D eigenvalue weighted by atomic mass is 10.3. The largest absolute Gasteiger partial charge is 0.478 e. The highest BCUT2D eigenvalue weighted by Gasteiger charge is 2.08. The first-order valence-electron chi connectivity index (χ1n) is 4.43. The second-order valence-electron chi connectivity index (χ2n) is 2.83. The highest BCUT2D eigenvalue weighted by Crippen LogP contribution is 2.22. The molecule has 15 heavy (non-hydrogen) atoms. The number of nitriles is 1. The van der Waals surface area contributed by atoms with Gasteiger partial charge in [0.2, 0.25) is 0 Å². The summed E-state index contributed by atoms with van der Waals surface area (Å²) in [5.74, 6) is -0.994. The van der Waals surface area contributed by atoms with E-state index in [0.29, 0.717) is 5.03 Å². The molecule has 78 valence electrons. The fraction of sp³-hybridized carbons (Fsp3) is 0.300. The molecule has 0 aromatic carbocycles. The Labute approximate surface area is 91.9 Å². The molecule has 0 aliphatic rings. The third kappa shape index (κ3) is 3.26. The van der Waals surface area contributed by atoms with E-state index < -0.39 is 5.97 Å². The van der Waals surface area contributed by atoms with Crippen LogP contribution in [0.5, 0.6) is 0 Å². The van der Waals surface area contributed by atoms with Crippen molar-refractivity contribution in [3.63, 3.8) is 0 Å². The quantitative estimate of drug-likeness (QED) is 0.790. The van der Waals surface area contributed by atoms with Crippen molar-refractivity contribution >= 4 is 17.7 Å². The van der Waals surface area contributed by atoms with Crippen LogP contribution in [0.15, 0.2) is 23.4 Å². The minimum absolute atomic E-state index is 0.131. The first kappa shape index (κ1) is 11.5. The van der Waals surface area contributed by atoms with Gasteiger partial charge in [0.1, 0.15) is 0 Å². The molecule has 1 N–H and O–H groups in total. The fourth-order valence-electron chi connectivity index (χ4n) is 0.923. The molecule has 5 heteroatoms. The number of nitrogens with zero attached hydrogens (tertiary/aromatic N) is 2. The van der Waals surface area contributed by atoms with Gasteiger partial charge in [-0.2, -0.15) is 5.26 Å². The molecule has 4 nitrogen and oxygen atoms in total. The second kappa shape index (κ2) is 5.37. The summed E-state index contributed by atoms with van der Waals surface area (Å²) in [7, 11) is 0. The van der Waals surface area contributed by atoms with Gasteiger partial charge in [-0.25, -0.2) is 9.78 Å². The van der Waals surface area contributed by atoms with E-state index in [1.54, 1.807) is 6.07 Å². The Hall–Kier alpha value is -1.54. The van der Waals surface area contributed by atoms with Crippen LogP contribution in [0.3, 0.4) is 0 Å². The van der Waals surface area contributed by atoms with Gasteiger partial charge >= 0.3 is 5.97 Å². The number of thioether (sulfide) groups is 1. The summed E-state index contributed by atoms with van der Waals surface area (Å²) >= 11 is 1.34. The van der Waals surface area contributed by atoms with Gasteiger partial charge in [0.05, 0.1) is 21.9 Å². The molecule has 0 spiro atoms. The number of aromatic carboxylic acids is 1. The van der Waals surface area contributed by atoms with Crippen LogP contribution in [-0.4, -0.2) is 21.3 Å². The Morgan fingerprint density at radius 3 is 2.87 bits per heavy atom. The number of aromatic nitrogens is 1. The molecule has 0 bridgehead atoms. The van der Waals surface area contributed by atoms with E-state index in [2.05, 4.69) is 11.1 Å². The molecule has 0 saturated carbocycles. The molecule has 0 amide bonds. The van der Waals surface area contributed by atoms with Crippen molar-refractivity contribution in [3.8, 4) is 6.07 Å². The Balaban J connectivity index is 2.73. The van der Waals surface area contributed by atoms with E-state index in [-0.39, 0.29) is 10.8 Å². The van der Waals surface area contributed by atoms with E-state index in [4.69, 9.17) is 10.4 Å². The summed E-state index contributed by atoms with van der Waals surface area (Å²) < 4.78 is 0. The van der Waals surface area contributed by atoms with Crippen molar-refractivity contribution < 1.29 is 9.90 Å². The van der Waals surface area contributed by atoms with Gasteiger partial charge in [-0.05, 0) is 18.6 Å². The minimum atomic E-state index is -0.994. The number of hydrogen-bond donors (Lipinski definition) is 1. The van der Waals surface area contributed by atoms with E-state index in [1.807, 2.05) is 6.92 Å². The maximum atomic E-state index is 10.5. The summed E-state index contributed by atoms with van der Waals surface area (Å²) in [5, 5.41) is 17.9. The summed E-state index contributed by atoms with van der Waals surface area (Å²) in [5.41, 5.74) is 0.157. The highest BCUT2D eigenvalue weighted by atomic mass is 32.2. The molecule has 1 aromatic rings. The highest BCUT2D eigenvalue weighted by molar-refractivity contribution is 8.00. The molecule has 1 aromatic heterocycles. The van der Waals surface area contributed by atoms with Crippen LogP contribution in [0.1, 0.15) is 23.7 Å². The average molecular weight is 222 g/mol. The first-order valence-corrected chi connectivity index (χ1v) is 5.31. The maximum Gasteiger partial charge on any atom is 0.337 e. The second-order valence-corrected chi connectivity index (χ2v) is 4.06. The molecular formula is C10H10N2O2S. The van der Waals surface area contributed by atoms with Crippen LogP contribution in [-0.2, 0) is 0 Å². The van der Waals surface area contributed by atoms with Gasteiger partial charge in [0.15, 0.2) is 0 Å². The van der Waals surface area contributed by atoms with Gasteiger partial charge in [-0.3, -0.25) is 0 Å². The molecule has 1 atom stereocenters. The Bertz CT molecular complexity index is 383. The van der Waals surface area contributed by atoms with Gasteiger partial charge in [0, 0.05) is 6.20 Å². The van der Waals surface area contributed by atoms with E-state index in [1.165, 1.54) is 24.0 Å². The summed E-state index contributed by atoms with van der Waals surface area (Å²) in [6.07, 6.45) is 2.04. The SMILES string of the molecule is CCC(C#N)Sc1ccc(C(=O)O)cn1. The lowest BCUT2D eigenvalue weighted by Gasteiger charge is -2.04. The van der Waals surface area contributed by atoms with Crippen LogP contribution in [0.2, 0.25) is 0 Å². The Morgan fingerprint density at radius 1 is 1.73 bits per heavy atom. The van der Waals surface area contributed by atoms with Crippen LogP contribution < -0.4 is 0 Å². The van der Waals surface area contributed by atoms with Crippen molar-refractivity contribution in [3.05, 3.63) is 23.9 Å². The molecule has 1 unspecified atom stereocenters. The normalized spacial score (nSPS) is 11.7.